The maximum Gasteiger partial charge on any atom is 0.305 e. The second-order valence-electron chi connectivity index (χ2n) is 7.38. The van der Waals surface area contributed by atoms with Gasteiger partial charge in [0.2, 0.25) is 10.0 Å². The molecule has 1 heterocycles. The Hall–Kier alpha value is -1.95. The van der Waals surface area contributed by atoms with Crippen molar-refractivity contribution in [2.45, 2.75) is 19.3 Å². The molecule has 0 aliphatic carbocycles. The molecule has 0 radical (unpaired) electrons. The number of halogens is 1. The lowest BCUT2D eigenvalue weighted by Crippen LogP contribution is -2.31. The van der Waals surface area contributed by atoms with Crippen LogP contribution in [0.5, 0.6) is 5.75 Å². The molecule has 0 aliphatic rings. The monoisotopic (exact) mass is 515 g/mol. The summed E-state index contributed by atoms with van der Waals surface area (Å²) < 4.78 is 33.0. The molecule has 8 nitrogen and oxygen atoms in total. The van der Waals surface area contributed by atoms with Crippen LogP contribution in [0.1, 0.15) is 17.5 Å². The molecule has 11 heteroatoms. The Bertz CT molecular complexity index is 1150. The van der Waals surface area contributed by atoms with E-state index in [2.05, 4.69) is 15.0 Å². The molecule has 4 N–H and O–H groups in total. The fourth-order valence-corrected chi connectivity index (χ4v) is 5.24. The largest absolute Gasteiger partial charge is 0.506 e. The van der Waals surface area contributed by atoms with Crippen LogP contribution in [0.25, 0.3) is 10.2 Å². The van der Waals surface area contributed by atoms with Gasteiger partial charge in [-0.05, 0) is 49.5 Å². The number of nitrogens with one attached hydrogen (secondary N) is 3. The molecule has 33 heavy (non-hydrogen) atoms. The molecule has 0 amide bonds. The predicted octanol–water partition coefficient (Wildman–Crippen LogP) is 2.42. The maximum absolute atomic E-state index is 12.1. The van der Waals surface area contributed by atoms with Gasteiger partial charge in [0.25, 0.3) is 0 Å². The van der Waals surface area contributed by atoms with E-state index in [9.17, 15) is 18.3 Å². The van der Waals surface area contributed by atoms with Gasteiger partial charge in [0, 0.05) is 6.54 Å². The number of hydrogen-bond donors (Lipinski definition) is 4. The van der Waals surface area contributed by atoms with Gasteiger partial charge in [-0.2, -0.15) is 0 Å². The first-order chi connectivity index (χ1) is 15.4. The first kappa shape index (κ1) is 27.3. The normalized spacial score (nSPS) is 11.5. The fraction of sp³-hybridized carbons (Fsp3) is 0.409. The summed E-state index contributed by atoms with van der Waals surface area (Å²) >= 11 is 1.08. The third-order valence-corrected chi connectivity index (χ3v) is 7.35. The van der Waals surface area contributed by atoms with E-state index in [-0.39, 0.29) is 35.3 Å². The van der Waals surface area contributed by atoms with Gasteiger partial charge >= 0.3 is 4.87 Å². The Morgan fingerprint density at radius 3 is 2.58 bits per heavy atom. The number of benzene rings is 2. The molecule has 0 saturated carbocycles. The second kappa shape index (κ2) is 13.7. The molecule has 0 saturated heterocycles. The topological polar surface area (TPSA) is 121 Å². The summed E-state index contributed by atoms with van der Waals surface area (Å²) in [6.07, 6.45) is 1.97. The number of rotatable bonds is 14. The Labute approximate surface area is 203 Å². The van der Waals surface area contributed by atoms with E-state index in [0.29, 0.717) is 44.7 Å². The van der Waals surface area contributed by atoms with Gasteiger partial charge in [0.1, 0.15) is 11.3 Å². The summed E-state index contributed by atoms with van der Waals surface area (Å²) in [5.41, 5.74) is 2.63. The first-order valence-corrected chi connectivity index (χ1v) is 13.0. The van der Waals surface area contributed by atoms with Crippen molar-refractivity contribution in [2.24, 2.45) is 0 Å². The third kappa shape index (κ3) is 9.07. The molecule has 3 aromatic rings. The SMILES string of the molecule is Cl.O=c1[nH]c2c(O)ccc(CCNCCCS(=O)(=O)NCCOCCc3ccccc3)c2s1. The van der Waals surface area contributed by atoms with Gasteiger partial charge in [-0.3, -0.25) is 4.79 Å². The number of thiazole rings is 1. The average molecular weight is 516 g/mol. The summed E-state index contributed by atoms with van der Waals surface area (Å²) in [6, 6.07) is 13.4. The zero-order valence-electron chi connectivity index (χ0n) is 18.2. The summed E-state index contributed by atoms with van der Waals surface area (Å²) in [6.45, 7) is 2.38. The highest BCUT2D eigenvalue weighted by atomic mass is 35.5. The number of fused-ring (bicyclic) bond motifs is 1. The highest BCUT2D eigenvalue weighted by Crippen LogP contribution is 2.27. The van der Waals surface area contributed by atoms with Crippen LogP contribution < -0.4 is 14.9 Å². The molecule has 3 rings (SSSR count). The third-order valence-electron chi connectivity index (χ3n) is 4.92. The number of phenolic OH excluding ortho intramolecular Hbond substituents is 1. The van der Waals surface area contributed by atoms with Crippen LogP contribution in [0.4, 0.5) is 0 Å². The van der Waals surface area contributed by atoms with E-state index in [1.165, 1.54) is 5.56 Å². The summed E-state index contributed by atoms with van der Waals surface area (Å²) in [7, 11) is -3.33. The summed E-state index contributed by atoms with van der Waals surface area (Å²) in [5, 5.41) is 13.1. The number of aromatic nitrogens is 1. The van der Waals surface area contributed by atoms with Crippen molar-refractivity contribution in [3.8, 4) is 5.75 Å². The molecule has 1 aromatic heterocycles. The lowest BCUT2D eigenvalue weighted by molar-refractivity contribution is 0.142. The van der Waals surface area contributed by atoms with Gasteiger partial charge in [0.15, 0.2) is 0 Å². The standard InChI is InChI=1S/C22H29N3O5S2.ClH/c26-19-8-7-18(21-20(19)25-22(27)31-21)9-12-23-11-4-16-32(28,29)24-13-15-30-14-10-17-5-2-1-3-6-17;/h1-3,5-8,23-24,26H,4,9-16H2,(H,25,27);1H. The maximum atomic E-state index is 12.1. The molecule has 0 fully saturated rings. The highest BCUT2D eigenvalue weighted by molar-refractivity contribution is 7.89. The summed E-state index contributed by atoms with van der Waals surface area (Å²) in [5.74, 6) is 0.113. The van der Waals surface area contributed by atoms with Gasteiger partial charge in [-0.15, -0.1) is 12.4 Å². The minimum Gasteiger partial charge on any atom is -0.506 e. The van der Waals surface area contributed by atoms with E-state index < -0.39 is 10.0 Å². The molecular weight excluding hydrogens is 486 g/mol. The Morgan fingerprint density at radius 2 is 1.79 bits per heavy atom. The Kier molecular flexibility index (Phi) is 11.3. The molecule has 0 aliphatic heterocycles. The van der Waals surface area contributed by atoms with E-state index in [0.717, 1.165) is 28.0 Å². The smallest absolute Gasteiger partial charge is 0.305 e. The quantitative estimate of drug-likeness (QED) is 0.245. The van der Waals surface area contributed by atoms with E-state index in [1.807, 2.05) is 30.3 Å². The van der Waals surface area contributed by atoms with Crippen LogP contribution in [0.3, 0.4) is 0 Å². The lowest BCUT2D eigenvalue weighted by Gasteiger charge is -2.09. The van der Waals surface area contributed by atoms with Gasteiger partial charge in [-0.1, -0.05) is 47.7 Å². The molecule has 182 valence electrons. The number of sulfonamides is 1. The van der Waals surface area contributed by atoms with E-state index >= 15 is 0 Å². The van der Waals surface area contributed by atoms with Crippen LogP contribution in [-0.2, 0) is 27.6 Å². The average Bonchev–Trinajstić information content (AvgIpc) is 3.18. The summed E-state index contributed by atoms with van der Waals surface area (Å²) in [4.78, 5) is 14.0. The second-order valence-corrected chi connectivity index (χ2v) is 10.3. The van der Waals surface area contributed by atoms with Crippen molar-refractivity contribution < 1.29 is 18.3 Å². The highest BCUT2D eigenvalue weighted by Gasteiger charge is 2.10. The number of aromatic hydroxyl groups is 1. The molecular formula is C22H30ClN3O5S2. The van der Waals surface area contributed by atoms with Crippen molar-refractivity contribution in [3.05, 3.63) is 63.3 Å². The number of H-pyrrole nitrogens is 1. The Balaban J connectivity index is 0.00000385. The first-order valence-electron chi connectivity index (χ1n) is 10.6. The molecule has 0 bridgehead atoms. The zero-order chi connectivity index (χ0) is 22.8. The Morgan fingerprint density at radius 1 is 1.00 bits per heavy atom. The predicted molar refractivity (Wildman–Crippen MR) is 135 cm³/mol. The molecule has 2 aromatic carbocycles. The fourth-order valence-electron chi connectivity index (χ4n) is 3.28. The van der Waals surface area contributed by atoms with Crippen molar-refractivity contribution in [1.29, 1.82) is 0 Å². The van der Waals surface area contributed by atoms with Crippen molar-refractivity contribution in [1.82, 2.24) is 15.0 Å². The number of phenols is 1. The van der Waals surface area contributed by atoms with Crippen LogP contribution in [0.2, 0.25) is 0 Å². The van der Waals surface area contributed by atoms with Crippen molar-refractivity contribution in [3.63, 3.8) is 0 Å². The van der Waals surface area contributed by atoms with Crippen LogP contribution in [0.15, 0.2) is 47.3 Å². The van der Waals surface area contributed by atoms with Crippen LogP contribution >= 0.6 is 23.7 Å². The van der Waals surface area contributed by atoms with Gasteiger partial charge in [-0.25, -0.2) is 13.1 Å². The molecule has 0 unspecified atom stereocenters. The molecule has 0 atom stereocenters. The number of aromatic amines is 1. The van der Waals surface area contributed by atoms with Crippen LogP contribution in [-0.4, -0.2) is 57.1 Å². The van der Waals surface area contributed by atoms with Crippen LogP contribution in [0, 0.1) is 0 Å². The van der Waals surface area contributed by atoms with E-state index in [4.69, 9.17) is 4.74 Å². The number of ether oxygens (including phenoxy) is 1. The zero-order valence-corrected chi connectivity index (χ0v) is 20.7. The number of hydrogen-bond acceptors (Lipinski definition) is 7. The van der Waals surface area contributed by atoms with Gasteiger partial charge in [0.05, 0.1) is 23.7 Å². The van der Waals surface area contributed by atoms with Crippen molar-refractivity contribution in [2.75, 3.05) is 38.6 Å². The van der Waals surface area contributed by atoms with Gasteiger partial charge < -0.3 is 20.1 Å². The molecule has 0 spiro atoms. The minimum atomic E-state index is -3.33. The lowest BCUT2D eigenvalue weighted by atomic mass is 10.1. The minimum absolute atomic E-state index is 0. The van der Waals surface area contributed by atoms with E-state index in [1.54, 1.807) is 12.1 Å². The van der Waals surface area contributed by atoms with Crippen molar-refractivity contribution >= 4 is 44.0 Å².